The van der Waals surface area contributed by atoms with E-state index in [1.54, 1.807) is 6.33 Å². The quantitative estimate of drug-likeness (QED) is 0.672. The van der Waals surface area contributed by atoms with Gasteiger partial charge in [-0.05, 0) is 17.5 Å². The van der Waals surface area contributed by atoms with Crippen LogP contribution in [0.3, 0.4) is 0 Å². The summed E-state index contributed by atoms with van der Waals surface area (Å²) in [7, 11) is 0. The zero-order chi connectivity index (χ0) is 14.5. The van der Waals surface area contributed by atoms with E-state index in [0.29, 0.717) is 11.8 Å². The molecule has 1 aromatic carbocycles. The van der Waals surface area contributed by atoms with Crippen LogP contribution in [0.5, 0.6) is 0 Å². The Morgan fingerprint density at radius 3 is 2.65 bits per heavy atom. The normalized spacial score (nSPS) is 12.8. The van der Waals surface area contributed by atoms with Gasteiger partial charge in [-0.25, -0.2) is 9.67 Å². The average Bonchev–Trinajstić information content (AvgIpc) is 2.83. The fourth-order valence-electron chi connectivity index (χ4n) is 2.22. The fourth-order valence-corrected chi connectivity index (χ4v) is 3.40. The Morgan fingerprint density at radius 1 is 1.25 bits per heavy atom. The molecule has 20 heavy (non-hydrogen) atoms. The molecule has 1 heterocycles. The van der Waals surface area contributed by atoms with Crippen molar-refractivity contribution in [2.75, 3.05) is 5.33 Å². The summed E-state index contributed by atoms with van der Waals surface area (Å²) >= 11 is 7.27. The molecule has 0 saturated heterocycles. The van der Waals surface area contributed by atoms with E-state index < -0.39 is 0 Å². The Labute approximate surface area is 137 Å². The zero-order valence-electron chi connectivity index (χ0n) is 11.8. The fraction of sp³-hybridized carbons (Fsp3) is 0.467. The predicted octanol–water partition coefficient (Wildman–Crippen LogP) is 4.42. The van der Waals surface area contributed by atoms with Crippen LogP contribution in [0.15, 0.2) is 35.1 Å². The van der Waals surface area contributed by atoms with Gasteiger partial charge in [-0.15, -0.1) is 0 Å². The van der Waals surface area contributed by atoms with E-state index >= 15 is 0 Å². The minimum atomic E-state index is 0.390. The second-order valence-electron chi connectivity index (χ2n) is 5.33. The molecule has 0 N–H and O–H groups in total. The maximum absolute atomic E-state index is 4.43. The standard InChI is InChI=1S/C15H19Br2N3/c1-11(2)9-20-15(18-10-19-20)7-12(8-16)13-5-3-4-6-14(13)17/h3-6,10-12H,7-9H2,1-2H3. The number of hydrogen-bond donors (Lipinski definition) is 0. The van der Waals surface area contributed by atoms with Crippen molar-refractivity contribution in [2.24, 2.45) is 5.92 Å². The number of alkyl halides is 1. The van der Waals surface area contributed by atoms with Crippen LogP contribution in [0.1, 0.15) is 31.2 Å². The number of rotatable bonds is 6. The molecule has 0 aliphatic rings. The summed E-state index contributed by atoms with van der Waals surface area (Å²) in [5.74, 6) is 2.01. The lowest BCUT2D eigenvalue weighted by atomic mass is 9.97. The molecule has 0 amide bonds. The predicted molar refractivity (Wildman–Crippen MR) is 89.2 cm³/mol. The molecule has 1 aromatic heterocycles. The molecule has 5 heteroatoms. The first-order chi connectivity index (χ1) is 9.61. The minimum Gasteiger partial charge on any atom is -0.250 e. The number of aromatic nitrogens is 3. The molecule has 3 nitrogen and oxygen atoms in total. The van der Waals surface area contributed by atoms with Crippen LogP contribution in [-0.2, 0) is 13.0 Å². The molecule has 2 rings (SSSR count). The summed E-state index contributed by atoms with van der Waals surface area (Å²) < 4.78 is 3.18. The molecule has 2 aromatic rings. The average molecular weight is 401 g/mol. The smallest absolute Gasteiger partial charge is 0.138 e. The molecule has 0 radical (unpaired) electrons. The largest absolute Gasteiger partial charge is 0.250 e. The van der Waals surface area contributed by atoms with Gasteiger partial charge in [-0.3, -0.25) is 0 Å². The van der Waals surface area contributed by atoms with Crippen LogP contribution in [0.4, 0.5) is 0 Å². The number of benzene rings is 1. The van der Waals surface area contributed by atoms with E-state index in [1.807, 2.05) is 10.7 Å². The Morgan fingerprint density at radius 2 is 2.00 bits per heavy atom. The summed E-state index contributed by atoms with van der Waals surface area (Å²) in [6, 6.07) is 8.37. The molecule has 0 spiro atoms. The van der Waals surface area contributed by atoms with Crippen molar-refractivity contribution < 1.29 is 0 Å². The highest BCUT2D eigenvalue weighted by atomic mass is 79.9. The molecular formula is C15H19Br2N3. The number of halogens is 2. The molecule has 1 unspecified atom stereocenters. The first-order valence-corrected chi connectivity index (χ1v) is 8.70. The minimum absolute atomic E-state index is 0.390. The molecule has 0 bridgehead atoms. The lowest BCUT2D eigenvalue weighted by Crippen LogP contribution is -2.14. The Bertz CT molecular complexity index is 552. The summed E-state index contributed by atoms with van der Waals surface area (Å²) in [5.41, 5.74) is 1.31. The van der Waals surface area contributed by atoms with Crippen molar-refractivity contribution in [3.8, 4) is 0 Å². The van der Waals surface area contributed by atoms with Crippen molar-refractivity contribution in [1.29, 1.82) is 0 Å². The monoisotopic (exact) mass is 399 g/mol. The second kappa shape index (κ2) is 7.36. The Balaban J connectivity index is 2.19. The van der Waals surface area contributed by atoms with Gasteiger partial charge in [0.25, 0.3) is 0 Å². The highest BCUT2D eigenvalue weighted by Crippen LogP contribution is 2.28. The summed E-state index contributed by atoms with van der Waals surface area (Å²) in [6.07, 6.45) is 2.55. The van der Waals surface area contributed by atoms with Crippen molar-refractivity contribution in [3.63, 3.8) is 0 Å². The summed E-state index contributed by atoms with van der Waals surface area (Å²) in [6.45, 7) is 5.31. The van der Waals surface area contributed by atoms with Gasteiger partial charge < -0.3 is 0 Å². The van der Waals surface area contributed by atoms with Crippen LogP contribution in [0.2, 0.25) is 0 Å². The van der Waals surface area contributed by atoms with Crippen molar-refractivity contribution >= 4 is 31.9 Å². The van der Waals surface area contributed by atoms with E-state index in [2.05, 4.69) is 74.0 Å². The highest BCUT2D eigenvalue weighted by Gasteiger charge is 2.17. The lowest BCUT2D eigenvalue weighted by Gasteiger charge is -2.17. The SMILES string of the molecule is CC(C)Cn1ncnc1CC(CBr)c1ccccc1Br. The van der Waals surface area contributed by atoms with Crippen LogP contribution < -0.4 is 0 Å². The van der Waals surface area contributed by atoms with Crippen molar-refractivity contribution in [1.82, 2.24) is 14.8 Å². The molecule has 0 aliphatic heterocycles. The summed E-state index contributed by atoms with van der Waals surface area (Å²) in [5, 5.41) is 5.25. The third kappa shape index (κ3) is 3.92. The van der Waals surface area contributed by atoms with Crippen molar-refractivity contribution in [3.05, 3.63) is 46.5 Å². The second-order valence-corrected chi connectivity index (χ2v) is 6.83. The Kier molecular flexibility index (Phi) is 5.78. The topological polar surface area (TPSA) is 30.7 Å². The van der Waals surface area contributed by atoms with Gasteiger partial charge in [0, 0.05) is 28.7 Å². The van der Waals surface area contributed by atoms with Gasteiger partial charge >= 0.3 is 0 Å². The molecule has 1 atom stereocenters. The van der Waals surface area contributed by atoms with E-state index in [9.17, 15) is 0 Å². The van der Waals surface area contributed by atoms with Gasteiger partial charge in [0.1, 0.15) is 12.2 Å². The van der Waals surface area contributed by atoms with Crippen molar-refractivity contribution in [2.45, 2.75) is 32.7 Å². The van der Waals surface area contributed by atoms with Gasteiger partial charge in [-0.2, -0.15) is 5.10 Å². The molecule has 0 aliphatic carbocycles. The molecule has 108 valence electrons. The lowest BCUT2D eigenvalue weighted by molar-refractivity contribution is 0.461. The van der Waals surface area contributed by atoms with Crippen LogP contribution in [0.25, 0.3) is 0 Å². The van der Waals surface area contributed by atoms with E-state index in [0.717, 1.165) is 28.6 Å². The van der Waals surface area contributed by atoms with Gasteiger partial charge in [0.05, 0.1) is 0 Å². The number of nitrogens with zero attached hydrogens (tertiary/aromatic N) is 3. The highest BCUT2D eigenvalue weighted by molar-refractivity contribution is 9.10. The molecular weight excluding hydrogens is 382 g/mol. The van der Waals surface area contributed by atoms with Gasteiger partial charge in [0.2, 0.25) is 0 Å². The maximum Gasteiger partial charge on any atom is 0.138 e. The molecule has 0 fully saturated rings. The van der Waals surface area contributed by atoms with Crippen LogP contribution in [-0.4, -0.2) is 20.1 Å². The Hall–Kier alpha value is -0.680. The maximum atomic E-state index is 4.43. The van der Waals surface area contributed by atoms with Gasteiger partial charge in [0.15, 0.2) is 0 Å². The molecule has 0 saturated carbocycles. The third-order valence-electron chi connectivity index (χ3n) is 3.19. The first kappa shape index (κ1) is 15.7. The van der Waals surface area contributed by atoms with Crippen LogP contribution >= 0.6 is 31.9 Å². The van der Waals surface area contributed by atoms with E-state index in [4.69, 9.17) is 0 Å². The van der Waals surface area contributed by atoms with Gasteiger partial charge in [-0.1, -0.05) is 63.9 Å². The van der Waals surface area contributed by atoms with E-state index in [1.165, 1.54) is 5.56 Å². The zero-order valence-corrected chi connectivity index (χ0v) is 14.9. The van der Waals surface area contributed by atoms with E-state index in [-0.39, 0.29) is 0 Å². The first-order valence-electron chi connectivity index (χ1n) is 6.79. The third-order valence-corrected chi connectivity index (χ3v) is 4.70. The number of hydrogen-bond acceptors (Lipinski definition) is 2. The summed E-state index contributed by atoms with van der Waals surface area (Å²) in [4.78, 5) is 4.43. The van der Waals surface area contributed by atoms with Crippen LogP contribution in [0, 0.1) is 5.92 Å².